The normalized spacial score (nSPS) is 11.6. The van der Waals surface area contributed by atoms with E-state index in [1.54, 1.807) is 44.4 Å². The maximum Gasteiger partial charge on any atom is 0.274 e. The molecule has 0 aliphatic rings. The van der Waals surface area contributed by atoms with Gasteiger partial charge in [-0.05, 0) is 24.1 Å². The minimum Gasteiger partial charge on any atom is -0.483 e. The molecule has 1 unspecified atom stereocenters. The van der Waals surface area contributed by atoms with E-state index in [9.17, 15) is 14.4 Å². The number of hydrogen-bond donors (Lipinski definition) is 1. The van der Waals surface area contributed by atoms with Crippen molar-refractivity contribution in [1.82, 2.24) is 20.0 Å². The van der Waals surface area contributed by atoms with Crippen LogP contribution in [0.25, 0.3) is 10.8 Å². The van der Waals surface area contributed by atoms with Crippen molar-refractivity contribution < 1.29 is 14.3 Å². The molecule has 4 aromatic rings. The fourth-order valence-corrected chi connectivity index (χ4v) is 4.06. The lowest BCUT2D eigenvalue weighted by molar-refractivity contribution is -0.130. The van der Waals surface area contributed by atoms with Gasteiger partial charge in [-0.3, -0.25) is 14.4 Å². The van der Waals surface area contributed by atoms with Crippen LogP contribution in [0, 0.1) is 0 Å². The number of nitrogens with one attached hydrogen (secondary N) is 1. The number of carbonyl (C=O) groups is 2. The molecule has 0 bridgehead atoms. The number of benzene rings is 3. The van der Waals surface area contributed by atoms with Gasteiger partial charge in [-0.25, -0.2) is 4.68 Å². The Labute approximate surface area is 215 Å². The molecule has 4 rings (SSSR count). The molecule has 0 radical (unpaired) electrons. The van der Waals surface area contributed by atoms with E-state index in [-0.39, 0.29) is 30.3 Å². The van der Waals surface area contributed by atoms with Crippen LogP contribution in [0.3, 0.4) is 0 Å². The van der Waals surface area contributed by atoms with Crippen LogP contribution in [0.5, 0.6) is 5.75 Å². The second kappa shape index (κ2) is 11.5. The zero-order valence-electron chi connectivity index (χ0n) is 21.2. The van der Waals surface area contributed by atoms with E-state index in [0.29, 0.717) is 22.9 Å². The number of fused-ring (bicyclic) bond motifs is 1. The maximum atomic E-state index is 13.6. The Balaban J connectivity index is 1.66. The number of likely N-dealkylation sites (N-methyl/N-ethyl adjacent to an activating group) is 1. The number of amides is 2. The van der Waals surface area contributed by atoms with Crippen molar-refractivity contribution in [2.45, 2.75) is 25.9 Å². The number of carbonyl (C=O) groups excluding carboxylic acids is 2. The second-order valence-corrected chi connectivity index (χ2v) is 8.89. The Morgan fingerprint density at radius 3 is 2.30 bits per heavy atom. The molecule has 1 heterocycles. The molecule has 37 heavy (non-hydrogen) atoms. The quantitative estimate of drug-likeness (QED) is 0.379. The van der Waals surface area contributed by atoms with Crippen LogP contribution < -0.4 is 15.6 Å². The average molecular weight is 499 g/mol. The summed E-state index contributed by atoms with van der Waals surface area (Å²) >= 11 is 0. The van der Waals surface area contributed by atoms with E-state index in [0.717, 1.165) is 11.1 Å². The van der Waals surface area contributed by atoms with Crippen molar-refractivity contribution in [3.8, 4) is 5.75 Å². The molecule has 0 aliphatic heterocycles. The smallest absolute Gasteiger partial charge is 0.274 e. The summed E-state index contributed by atoms with van der Waals surface area (Å²) in [5, 5.41) is 8.47. The number of hydrogen-bond acceptors (Lipinski definition) is 5. The van der Waals surface area contributed by atoms with Gasteiger partial charge in [-0.15, -0.1) is 0 Å². The standard InChI is InChI=1S/C29H30N4O4/c1-4-24(23-16-10-11-17-25(23)37-19-26(34)32(2)3)30-28(35)27-21-14-8-9-15-22(21)29(36)33(31-27)18-20-12-6-5-7-13-20/h5-17,24H,4,18-19H2,1-3H3,(H,30,35). The summed E-state index contributed by atoms with van der Waals surface area (Å²) in [6, 6.07) is 23.4. The topological polar surface area (TPSA) is 93.5 Å². The molecule has 1 N–H and O–H groups in total. The molecule has 0 saturated carbocycles. The van der Waals surface area contributed by atoms with E-state index in [2.05, 4.69) is 10.4 Å². The van der Waals surface area contributed by atoms with Gasteiger partial charge < -0.3 is 15.0 Å². The van der Waals surface area contributed by atoms with Gasteiger partial charge in [-0.1, -0.05) is 73.7 Å². The van der Waals surface area contributed by atoms with Gasteiger partial charge in [0, 0.05) is 25.0 Å². The highest BCUT2D eigenvalue weighted by Gasteiger charge is 2.22. The van der Waals surface area contributed by atoms with Crippen molar-refractivity contribution in [2.75, 3.05) is 20.7 Å². The van der Waals surface area contributed by atoms with Gasteiger partial charge in [0.15, 0.2) is 12.3 Å². The summed E-state index contributed by atoms with van der Waals surface area (Å²) in [5.74, 6) is -0.0380. The van der Waals surface area contributed by atoms with Crippen LogP contribution in [0.1, 0.15) is 41.0 Å². The molecule has 0 aliphatic carbocycles. The first-order chi connectivity index (χ1) is 17.9. The molecule has 2 amide bonds. The lowest BCUT2D eigenvalue weighted by Crippen LogP contribution is -2.33. The first-order valence-corrected chi connectivity index (χ1v) is 12.2. The SMILES string of the molecule is CCC(NC(=O)c1nn(Cc2ccccc2)c(=O)c2ccccc12)c1ccccc1OCC(=O)N(C)C. The average Bonchev–Trinajstić information content (AvgIpc) is 2.92. The lowest BCUT2D eigenvalue weighted by atomic mass is 10.0. The number of rotatable bonds is 9. The van der Waals surface area contributed by atoms with Crippen LogP contribution in [-0.4, -0.2) is 47.2 Å². The van der Waals surface area contributed by atoms with Crippen molar-refractivity contribution in [1.29, 1.82) is 0 Å². The monoisotopic (exact) mass is 498 g/mol. The summed E-state index contributed by atoms with van der Waals surface area (Å²) < 4.78 is 7.13. The van der Waals surface area contributed by atoms with Crippen molar-refractivity contribution in [2.24, 2.45) is 0 Å². The number of aromatic nitrogens is 2. The summed E-state index contributed by atoms with van der Waals surface area (Å²) in [7, 11) is 3.34. The van der Waals surface area contributed by atoms with Gasteiger partial charge in [-0.2, -0.15) is 5.10 Å². The minimum absolute atomic E-state index is 0.106. The second-order valence-electron chi connectivity index (χ2n) is 8.89. The Bertz CT molecular complexity index is 1460. The molecule has 1 aromatic heterocycles. The van der Waals surface area contributed by atoms with Gasteiger partial charge in [0.25, 0.3) is 17.4 Å². The number of para-hydroxylation sites is 1. The predicted octanol–water partition coefficient (Wildman–Crippen LogP) is 3.79. The molecule has 190 valence electrons. The van der Waals surface area contributed by atoms with E-state index in [4.69, 9.17) is 4.74 Å². The zero-order chi connectivity index (χ0) is 26.4. The third kappa shape index (κ3) is 5.86. The molecular weight excluding hydrogens is 468 g/mol. The largest absolute Gasteiger partial charge is 0.483 e. The van der Waals surface area contributed by atoms with E-state index in [1.807, 2.05) is 55.5 Å². The molecule has 1 atom stereocenters. The first kappa shape index (κ1) is 25.6. The van der Waals surface area contributed by atoms with Crippen molar-refractivity contribution in [3.63, 3.8) is 0 Å². The Hall–Kier alpha value is -4.46. The van der Waals surface area contributed by atoms with Crippen LogP contribution in [-0.2, 0) is 11.3 Å². The van der Waals surface area contributed by atoms with Gasteiger partial charge in [0.1, 0.15) is 5.75 Å². The van der Waals surface area contributed by atoms with E-state index in [1.165, 1.54) is 9.58 Å². The minimum atomic E-state index is -0.399. The van der Waals surface area contributed by atoms with Crippen LogP contribution in [0.2, 0.25) is 0 Å². The molecule has 8 heteroatoms. The van der Waals surface area contributed by atoms with Gasteiger partial charge in [0.2, 0.25) is 0 Å². The van der Waals surface area contributed by atoms with Crippen molar-refractivity contribution in [3.05, 3.63) is 106 Å². The summed E-state index contributed by atoms with van der Waals surface area (Å²) in [4.78, 5) is 40.2. The fourth-order valence-electron chi connectivity index (χ4n) is 4.06. The van der Waals surface area contributed by atoms with Crippen LogP contribution in [0.15, 0.2) is 83.7 Å². The summed E-state index contributed by atoms with van der Waals surface area (Å²) in [6.45, 7) is 2.10. The highest BCUT2D eigenvalue weighted by Crippen LogP contribution is 2.28. The molecule has 3 aromatic carbocycles. The fraction of sp³-hybridized carbons (Fsp3) is 0.241. The van der Waals surface area contributed by atoms with E-state index < -0.39 is 11.9 Å². The zero-order valence-corrected chi connectivity index (χ0v) is 21.2. The third-order valence-corrected chi connectivity index (χ3v) is 6.12. The molecular formula is C29H30N4O4. The maximum absolute atomic E-state index is 13.6. The van der Waals surface area contributed by atoms with E-state index >= 15 is 0 Å². The molecule has 8 nitrogen and oxygen atoms in total. The van der Waals surface area contributed by atoms with Gasteiger partial charge >= 0.3 is 0 Å². The Kier molecular flexibility index (Phi) is 7.98. The Morgan fingerprint density at radius 2 is 1.59 bits per heavy atom. The Morgan fingerprint density at radius 1 is 0.946 bits per heavy atom. The first-order valence-electron chi connectivity index (χ1n) is 12.2. The molecule has 0 saturated heterocycles. The third-order valence-electron chi connectivity index (χ3n) is 6.12. The van der Waals surface area contributed by atoms with Gasteiger partial charge in [0.05, 0.1) is 18.0 Å². The number of ether oxygens (including phenoxy) is 1. The van der Waals surface area contributed by atoms with Crippen LogP contribution >= 0.6 is 0 Å². The molecule has 0 fully saturated rings. The van der Waals surface area contributed by atoms with Crippen LogP contribution in [0.4, 0.5) is 0 Å². The molecule has 0 spiro atoms. The summed E-state index contributed by atoms with van der Waals surface area (Å²) in [5.41, 5.74) is 1.58. The highest BCUT2D eigenvalue weighted by molar-refractivity contribution is 6.04. The predicted molar refractivity (Wildman–Crippen MR) is 143 cm³/mol. The number of nitrogens with zero attached hydrogens (tertiary/aromatic N) is 3. The summed E-state index contributed by atoms with van der Waals surface area (Å²) in [6.07, 6.45) is 0.579. The van der Waals surface area contributed by atoms with Crippen molar-refractivity contribution >= 4 is 22.6 Å². The lowest BCUT2D eigenvalue weighted by Gasteiger charge is -2.21. The highest BCUT2D eigenvalue weighted by atomic mass is 16.5.